The first-order valence-electron chi connectivity index (χ1n) is 4.56. The molecule has 0 amide bonds. The van der Waals surface area contributed by atoms with Crippen molar-refractivity contribution in [3.05, 3.63) is 0 Å². The summed E-state index contributed by atoms with van der Waals surface area (Å²) in [6, 6.07) is 0. The molecule has 0 bridgehead atoms. The zero-order valence-electron chi connectivity index (χ0n) is 8.22. The summed E-state index contributed by atoms with van der Waals surface area (Å²) < 4.78 is 0. The smallest absolute Gasteiger partial charge is 0.188 e. The fourth-order valence-electron chi connectivity index (χ4n) is 1.62. The van der Waals surface area contributed by atoms with Crippen LogP contribution in [-0.2, 0) is 0 Å². The molecule has 0 heterocycles. The molecule has 0 atom stereocenters. The van der Waals surface area contributed by atoms with Crippen molar-refractivity contribution in [1.82, 2.24) is 5.32 Å². The zero-order valence-corrected chi connectivity index (χ0v) is 8.22. The van der Waals surface area contributed by atoms with Crippen molar-refractivity contribution in [3.8, 4) is 0 Å². The van der Waals surface area contributed by atoms with Gasteiger partial charge < -0.3 is 11.1 Å². The molecule has 70 valence electrons. The van der Waals surface area contributed by atoms with Gasteiger partial charge in [0.1, 0.15) is 0 Å². The van der Waals surface area contributed by atoms with Crippen LogP contribution in [0.5, 0.6) is 0 Å². The Labute approximate surface area is 74.4 Å². The average Bonchev–Trinajstić information content (AvgIpc) is 1.80. The minimum absolute atomic E-state index is 0.113. The summed E-state index contributed by atoms with van der Waals surface area (Å²) in [7, 11) is 1.71. The van der Waals surface area contributed by atoms with Gasteiger partial charge in [0.05, 0.1) is 0 Å². The molecule has 0 unspecified atom stereocenters. The van der Waals surface area contributed by atoms with Gasteiger partial charge in [-0.1, -0.05) is 6.42 Å². The Morgan fingerprint density at radius 2 is 2.08 bits per heavy atom. The minimum Gasteiger partial charge on any atom is -0.370 e. The van der Waals surface area contributed by atoms with Gasteiger partial charge in [0.25, 0.3) is 0 Å². The summed E-state index contributed by atoms with van der Waals surface area (Å²) in [5.74, 6) is 1.31. The summed E-state index contributed by atoms with van der Waals surface area (Å²) in [4.78, 5) is 3.90. The fraction of sp³-hybridized carbons (Fsp3) is 0.889. The van der Waals surface area contributed by atoms with Crippen molar-refractivity contribution in [2.24, 2.45) is 16.6 Å². The molecule has 0 aromatic carbocycles. The Morgan fingerprint density at radius 3 is 2.42 bits per heavy atom. The molecular formula is C9H19N3. The molecule has 1 fully saturated rings. The Bertz CT molecular complexity index is 180. The van der Waals surface area contributed by atoms with E-state index in [-0.39, 0.29) is 5.54 Å². The lowest BCUT2D eigenvalue weighted by Gasteiger charge is -2.41. The Kier molecular flexibility index (Phi) is 2.60. The highest BCUT2D eigenvalue weighted by atomic mass is 15.1. The van der Waals surface area contributed by atoms with Crippen LogP contribution in [0, 0.1) is 5.92 Å². The molecule has 1 aliphatic rings. The van der Waals surface area contributed by atoms with E-state index in [2.05, 4.69) is 24.2 Å². The summed E-state index contributed by atoms with van der Waals surface area (Å²) in [5, 5.41) is 3.24. The Morgan fingerprint density at radius 1 is 1.50 bits per heavy atom. The third-order valence-electron chi connectivity index (χ3n) is 2.82. The van der Waals surface area contributed by atoms with E-state index in [1.807, 2.05) is 0 Å². The number of hydrogen-bond donors (Lipinski definition) is 2. The van der Waals surface area contributed by atoms with Gasteiger partial charge in [-0.15, -0.1) is 0 Å². The topological polar surface area (TPSA) is 50.4 Å². The van der Waals surface area contributed by atoms with Crippen LogP contribution in [0.4, 0.5) is 0 Å². The first-order valence-corrected chi connectivity index (χ1v) is 4.56. The average molecular weight is 169 g/mol. The number of guanidine groups is 1. The monoisotopic (exact) mass is 169 g/mol. The van der Waals surface area contributed by atoms with Gasteiger partial charge in [0.2, 0.25) is 0 Å². The van der Waals surface area contributed by atoms with Crippen molar-refractivity contribution in [1.29, 1.82) is 0 Å². The number of rotatable bonds is 2. The van der Waals surface area contributed by atoms with Crippen molar-refractivity contribution >= 4 is 5.96 Å². The van der Waals surface area contributed by atoms with E-state index in [1.165, 1.54) is 19.3 Å². The molecule has 1 rings (SSSR count). The SMILES string of the molecule is CN=C(N)NC(C)(C)C1CCC1. The van der Waals surface area contributed by atoms with Crippen LogP contribution in [-0.4, -0.2) is 18.5 Å². The van der Waals surface area contributed by atoms with Gasteiger partial charge in [-0.05, 0) is 32.6 Å². The molecule has 0 radical (unpaired) electrons. The quantitative estimate of drug-likeness (QED) is 0.480. The van der Waals surface area contributed by atoms with E-state index >= 15 is 0 Å². The molecular weight excluding hydrogens is 150 g/mol. The van der Waals surface area contributed by atoms with E-state index in [9.17, 15) is 0 Å². The van der Waals surface area contributed by atoms with Crippen molar-refractivity contribution in [3.63, 3.8) is 0 Å². The van der Waals surface area contributed by atoms with Crippen LogP contribution in [0.25, 0.3) is 0 Å². The van der Waals surface area contributed by atoms with Gasteiger partial charge in [0.15, 0.2) is 5.96 Å². The molecule has 3 heteroatoms. The first kappa shape index (κ1) is 9.36. The fourth-order valence-corrected chi connectivity index (χ4v) is 1.62. The van der Waals surface area contributed by atoms with Crippen LogP contribution >= 0.6 is 0 Å². The Hall–Kier alpha value is -0.730. The highest BCUT2D eigenvalue weighted by Crippen LogP contribution is 2.35. The number of aliphatic imine (C=N–C) groups is 1. The number of nitrogens with two attached hydrogens (primary N) is 1. The van der Waals surface area contributed by atoms with E-state index in [4.69, 9.17) is 5.73 Å². The van der Waals surface area contributed by atoms with Gasteiger partial charge in [-0.3, -0.25) is 4.99 Å². The molecule has 0 spiro atoms. The van der Waals surface area contributed by atoms with Crippen LogP contribution in [0.3, 0.4) is 0 Å². The van der Waals surface area contributed by atoms with Gasteiger partial charge >= 0.3 is 0 Å². The summed E-state index contributed by atoms with van der Waals surface area (Å²) >= 11 is 0. The van der Waals surface area contributed by atoms with Crippen molar-refractivity contribution in [2.45, 2.75) is 38.6 Å². The van der Waals surface area contributed by atoms with Gasteiger partial charge in [-0.2, -0.15) is 0 Å². The third-order valence-corrected chi connectivity index (χ3v) is 2.82. The molecule has 12 heavy (non-hydrogen) atoms. The maximum absolute atomic E-state index is 5.61. The van der Waals surface area contributed by atoms with Crippen molar-refractivity contribution < 1.29 is 0 Å². The lowest BCUT2D eigenvalue weighted by Crippen LogP contribution is -2.53. The van der Waals surface area contributed by atoms with Crippen LogP contribution in [0.15, 0.2) is 4.99 Å². The lowest BCUT2D eigenvalue weighted by atomic mass is 9.73. The van der Waals surface area contributed by atoms with Crippen LogP contribution < -0.4 is 11.1 Å². The van der Waals surface area contributed by atoms with E-state index in [0.29, 0.717) is 5.96 Å². The maximum atomic E-state index is 5.61. The lowest BCUT2D eigenvalue weighted by molar-refractivity contribution is 0.179. The largest absolute Gasteiger partial charge is 0.370 e. The molecule has 1 saturated carbocycles. The molecule has 0 aromatic rings. The first-order chi connectivity index (χ1) is 5.56. The van der Waals surface area contributed by atoms with Gasteiger partial charge in [-0.25, -0.2) is 0 Å². The zero-order chi connectivity index (χ0) is 9.19. The molecule has 0 aromatic heterocycles. The maximum Gasteiger partial charge on any atom is 0.188 e. The van der Waals surface area contributed by atoms with Crippen molar-refractivity contribution in [2.75, 3.05) is 7.05 Å². The second-order valence-corrected chi connectivity index (χ2v) is 4.08. The second-order valence-electron chi connectivity index (χ2n) is 4.08. The minimum atomic E-state index is 0.113. The highest BCUT2D eigenvalue weighted by Gasteiger charge is 2.33. The summed E-state index contributed by atoms with van der Waals surface area (Å²) in [5.41, 5.74) is 5.73. The van der Waals surface area contributed by atoms with E-state index in [1.54, 1.807) is 7.05 Å². The van der Waals surface area contributed by atoms with Gasteiger partial charge in [0, 0.05) is 12.6 Å². The molecule has 0 aliphatic heterocycles. The molecule has 1 aliphatic carbocycles. The standard InChI is InChI=1S/C9H19N3/c1-9(2,7-5-4-6-7)12-8(10)11-3/h7H,4-6H2,1-3H3,(H3,10,11,12). The molecule has 0 saturated heterocycles. The van der Waals surface area contributed by atoms with Crippen LogP contribution in [0.2, 0.25) is 0 Å². The summed E-state index contributed by atoms with van der Waals surface area (Å²) in [6.45, 7) is 4.38. The normalized spacial score (nSPS) is 20.4. The predicted molar refractivity (Wildman–Crippen MR) is 52.1 cm³/mol. The predicted octanol–water partition coefficient (Wildman–Crippen LogP) is 1.10. The highest BCUT2D eigenvalue weighted by molar-refractivity contribution is 5.78. The summed E-state index contributed by atoms with van der Waals surface area (Å²) in [6.07, 6.45) is 3.99. The number of hydrogen-bond acceptors (Lipinski definition) is 1. The second kappa shape index (κ2) is 3.33. The molecule has 3 nitrogen and oxygen atoms in total. The van der Waals surface area contributed by atoms with E-state index < -0.39 is 0 Å². The van der Waals surface area contributed by atoms with Crippen LogP contribution in [0.1, 0.15) is 33.1 Å². The molecule has 3 N–H and O–H groups in total. The number of nitrogens with one attached hydrogen (secondary N) is 1. The Balaban J connectivity index is 2.46. The third kappa shape index (κ3) is 1.90. The number of nitrogens with zero attached hydrogens (tertiary/aromatic N) is 1. The van der Waals surface area contributed by atoms with E-state index in [0.717, 1.165) is 5.92 Å².